The van der Waals surface area contributed by atoms with Crippen molar-refractivity contribution in [1.29, 1.82) is 0 Å². The van der Waals surface area contributed by atoms with E-state index < -0.39 is 0 Å². The van der Waals surface area contributed by atoms with Crippen LogP contribution in [0.3, 0.4) is 0 Å². The van der Waals surface area contributed by atoms with Crippen LogP contribution in [0, 0.1) is 0 Å². The fourth-order valence-electron chi connectivity index (χ4n) is 1.18. The first kappa shape index (κ1) is 10.6. The van der Waals surface area contributed by atoms with Crippen molar-refractivity contribution >= 4 is 37.8 Å². The lowest BCUT2D eigenvalue weighted by atomic mass is 10.2. The van der Waals surface area contributed by atoms with E-state index >= 15 is 0 Å². The van der Waals surface area contributed by atoms with Gasteiger partial charge in [0.05, 0.1) is 0 Å². The Hall–Kier alpha value is -0.880. The molecule has 0 unspecified atom stereocenters. The van der Waals surface area contributed by atoms with Crippen molar-refractivity contribution in [2.24, 2.45) is 7.05 Å². The lowest BCUT2D eigenvalue weighted by Gasteiger charge is -1.99. The van der Waals surface area contributed by atoms with Crippen LogP contribution in [-0.2, 0) is 7.05 Å². The van der Waals surface area contributed by atoms with Gasteiger partial charge in [0.15, 0.2) is 5.82 Å². The van der Waals surface area contributed by atoms with Crippen molar-refractivity contribution in [3.05, 3.63) is 27.1 Å². The van der Waals surface area contributed by atoms with Crippen molar-refractivity contribution in [1.82, 2.24) is 14.8 Å². The van der Waals surface area contributed by atoms with Gasteiger partial charge in [0.25, 0.3) is 0 Å². The molecule has 15 heavy (non-hydrogen) atoms. The van der Waals surface area contributed by atoms with Crippen LogP contribution >= 0.6 is 31.9 Å². The molecular weight excluding hydrogens is 324 g/mol. The SMILES string of the molecule is Cn1nc(-c2cc(Br)ccc2Br)nc1N. The normalized spacial score (nSPS) is 10.6. The van der Waals surface area contributed by atoms with Crippen molar-refractivity contribution < 1.29 is 0 Å². The maximum Gasteiger partial charge on any atom is 0.218 e. The summed E-state index contributed by atoms with van der Waals surface area (Å²) < 4.78 is 3.46. The van der Waals surface area contributed by atoms with E-state index in [1.807, 2.05) is 18.2 Å². The molecule has 0 saturated carbocycles. The molecule has 2 N–H and O–H groups in total. The zero-order valence-corrected chi connectivity index (χ0v) is 11.1. The predicted octanol–water partition coefficient (Wildman–Crippen LogP) is 2.59. The van der Waals surface area contributed by atoms with Crippen LogP contribution in [0.1, 0.15) is 0 Å². The number of nitrogens with two attached hydrogens (primary N) is 1. The lowest BCUT2D eigenvalue weighted by Crippen LogP contribution is -1.97. The van der Waals surface area contributed by atoms with Gasteiger partial charge >= 0.3 is 0 Å². The molecule has 1 heterocycles. The first-order chi connectivity index (χ1) is 7.08. The molecule has 4 nitrogen and oxygen atoms in total. The molecule has 78 valence electrons. The predicted molar refractivity (Wildman–Crippen MR) is 66.3 cm³/mol. The number of halogens is 2. The molecule has 0 aliphatic carbocycles. The number of hydrogen-bond donors (Lipinski definition) is 1. The highest BCUT2D eigenvalue weighted by Crippen LogP contribution is 2.29. The molecule has 1 aromatic heterocycles. The maximum absolute atomic E-state index is 5.63. The minimum absolute atomic E-state index is 0.400. The summed E-state index contributed by atoms with van der Waals surface area (Å²) >= 11 is 6.85. The van der Waals surface area contributed by atoms with Gasteiger partial charge in [-0.05, 0) is 18.2 Å². The van der Waals surface area contributed by atoms with E-state index in [0.717, 1.165) is 14.5 Å². The minimum Gasteiger partial charge on any atom is -0.368 e. The van der Waals surface area contributed by atoms with E-state index in [1.54, 1.807) is 11.7 Å². The number of anilines is 1. The Morgan fingerprint density at radius 3 is 2.67 bits per heavy atom. The summed E-state index contributed by atoms with van der Waals surface area (Å²) in [4.78, 5) is 4.16. The Balaban J connectivity index is 2.58. The molecule has 2 rings (SSSR count). The Labute approximate surface area is 104 Å². The summed E-state index contributed by atoms with van der Waals surface area (Å²) in [6.07, 6.45) is 0. The summed E-state index contributed by atoms with van der Waals surface area (Å²) in [6.45, 7) is 0. The van der Waals surface area contributed by atoms with E-state index in [-0.39, 0.29) is 0 Å². The Bertz CT molecular complexity index is 487. The molecule has 0 atom stereocenters. The van der Waals surface area contributed by atoms with Gasteiger partial charge in [0.2, 0.25) is 5.95 Å². The summed E-state index contributed by atoms with van der Waals surface area (Å²) in [5.41, 5.74) is 6.54. The van der Waals surface area contributed by atoms with E-state index in [4.69, 9.17) is 5.73 Å². The van der Waals surface area contributed by atoms with Gasteiger partial charge in [-0.15, -0.1) is 5.10 Å². The Morgan fingerprint density at radius 1 is 1.33 bits per heavy atom. The monoisotopic (exact) mass is 330 g/mol. The first-order valence-corrected chi connectivity index (χ1v) is 5.78. The van der Waals surface area contributed by atoms with Crippen LogP contribution in [0.15, 0.2) is 27.1 Å². The lowest BCUT2D eigenvalue weighted by molar-refractivity contribution is 0.781. The van der Waals surface area contributed by atoms with Gasteiger partial charge in [0, 0.05) is 21.6 Å². The van der Waals surface area contributed by atoms with Crippen LogP contribution in [0.4, 0.5) is 5.95 Å². The number of benzene rings is 1. The van der Waals surface area contributed by atoms with Crippen LogP contribution in [0.25, 0.3) is 11.4 Å². The highest BCUT2D eigenvalue weighted by Gasteiger charge is 2.10. The third-order valence-electron chi connectivity index (χ3n) is 1.97. The second kappa shape index (κ2) is 3.94. The molecule has 6 heteroatoms. The summed E-state index contributed by atoms with van der Waals surface area (Å²) in [6, 6.07) is 5.82. The van der Waals surface area contributed by atoms with Crippen molar-refractivity contribution in [3.8, 4) is 11.4 Å². The highest BCUT2D eigenvalue weighted by atomic mass is 79.9. The molecule has 0 amide bonds. The van der Waals surface area contributed by atoms with Crippen LogP contribution < -0.4 is 5.73 Å². The summed E-state index contributed by atoms with van der Waals surface area (Å²) in [5.74, 6) is 1.01. The van der Waals surface area contributed by atoms with Crippen LogP contribution in [0.5, 0.6) is 0 Å². The van der Waals surface area contributed by atoms with Gasteiger partial charge in [-0.2, -0.15) is 4.98 Å². The van der Waals surface area contributed by atoms with Crippen molar-refractivity contribution in [3.63, 3.8) is 0 Å². The highest BCUT2D eigenvalue weighted by molar-refractivity contribution is 9.11. The standard InChI is InChI=1S/C9H8Br2N4/c1-15-9(12)13-8(14-15)6-4-5(10)2-3-7(6)11/h2-4H,1H3,(H2,12,13,14). The van der Waals surface area contributed by atoms with Gasteiger partial charge in [0.1, 0.15) is 0 Å². The number of aryl methyl sites for hydroxylation is 1. The molecule has 2 aromatic rings. The van der Waals surface area contributed by atoms with Crippen molar-refractivity contribution in [2.75, 3.05) is 5.73 Å². The average Bonchev–Trinajstić information content (AvgIpc) is 2.51. The van der Waals surface area contributed by atoms with Crippen LogP contribution in [0.2, 0.25) is 0 Å². The average molecular weight is 332 g/mol. The largest absolute Gasteiger partial charge is 0.368 e. The molecule has 0 saturated heterocycles. The zero-order valence-electron chi connectivity index (χ0n) is 7.91. The van der Waals surface area contributed by atoms with Gasteiger partial charge in [-0.3, -0.25) is 0 Å². The molecule has 0 aliphatic rings. The first-order valence-electron chi connectivity index (χ1n) is 4.20. The number of hydrogen-bond acceptors (Lipinski definition) is 3. The number of nitrogens with zero attached hydrogens (tertiary/aromatic N) is 3. The zero-order chi connectivity index (χ0) is 11.0. The minimum atomic E-state index is 0.400. The molecule has 0 spiro atoms. The third kappa shape index (κ3) is 2.05. The van der Waals surface area contributed by atoms with Crippen LogP contribution in [-0.4, -0.2) is 14.8 Å². The topological polar surface area (TPSA) is 56.7 Å². The number of aromatic nitrogens is 3. The second-order valence-electron chi connectivity index (χ2n) is 3.04. The fourth-order valence-corrected chi connectivity index (χ4v) is 1.96. The summed E-state index contributed by atoms with van der Waals surface area (Å²) in [7, 11) is 1.76. The molecule has 0 radical (unpaired) electrons. The maximum atomic E-state index is 5.63. The van der Waals surface area contributed by atoms with E-state index in [2.05, 4.69) is 41.9 Å². The molecule has 0 aliphatic heterocycles. The molecular formula is C9H8Br2N4. The molecule has 1 aromatic carbocycles. The van der Waals surface area contributed by atoms with E-state index in [1.165, 1.54) is 0 Å². The van der Waals surface area contributed by atoms with Gasteiger partial charge in [-0.25, -0.2) is 4.68 Å². The Kier molecular flexibility index (Phi) is 2.79. The molecule has 0 bridgehead atoms. The van der Waals surface area contributed by atoms with Gasteiger partial charge in [-0.1, -0.05) is 31.9 Å². The number of nitrogen functional groups attached to an aromatic ring is 1. The van der Waals surface area contributed by atoms with Crippen molar-refractivity contribution in [2.45, 2.75) is 0 Å². The summed E-state index contributed by atoms with van der Waals surface area (Å²) in [5, 5.41) is 4.21. The quantitative estimate of drug-likeness (QED) is 0.873. The smallest absolute Gasteiger partial charge is 0.218 e. The fraction of sp³-hybridized carbons (Fsp3) is 0.111. The number of rotatable bonds is 1. The Morgan fingerprint density at radius 2 is 2.07 bits per heavy atom. The van der Waals surface area contributed by atoms with Gasteiger partial charge < -0.3 is 5.73 Å². The molecule has 0 fully saturated rings. The van der Waals surface area contributed by atoms with E-state index in [0.29, 0.717) is 11.8 Å². The van der Waals surface area contributed by atoms with E-state index in [9.17, 15) is 0 Å². The second-order valence-corrected chi connectivity index (χ2v) is 4.81. The third-order valence-corrected chi connectivity index (χ3v) is 3.15.